The van der Waals surface area contributed by atoms with Crippen molar-refractivity contribution in [3.63, 3.8) is 0 Å². The van der Waals surface area contributed by atoms with Crippen LogP contribution in [-0.4, -0.2) is 30.2 Å². The summed E-state index contributed by atoms with van der Waals surface area (Å²) in [5, 5.41) is 2.52. The first kappa shape index (κ1) is 17.5. The Labute approximate surface area is 140 Å². The van der Waals surface area contributed by atoms with Gasteiger partial charge < -0.3 is 14.8 Å². The Morgan fingerprint density at radius 1 is 1.00 bits per heavy atom. The number of alkyl carbamates (subject to hydrolysis) is 1. The Kier molecular flexibility index (Phi) is 7.27. The molecule has 2 aromatic rings. The van der Waals surface area contributed by atoms with Crippen molar-refractivity contribution in [1.29, 1.82) is 0 Å². The predicted octanol–water partition coefficient (Wildman–Crippen LogP) is 2.48. The molecule has 1 N–H and O–H groups in total. The van der Waals surface area contributed by atoms with Crippen LogP contribution < -0.4 is 5.32 Å². The van der Waals surface area contributed by atoms with Gasteiger partial charge >= 0.3 is 12.1 Å². The molecule has 1 aromatic heterocycles. The molecule has 24 heavy (non-hydrogen) atoms. The summed E-state index contributed by atoms with van der Waals surface area (Å²) >= 11 is 0. The van der Waals surface area contributed by atoms with E-state index < -0.39 is 6.09 Å². The second-order valence-corrected chi connectivity index (χ2v) is 5.07. The fraction of sp³-hybridized carbons (Fsp3) is 0.278. The Morgan fingerprint density at radius 3 is 2.54 bits per heavy atom. The number of ether oxygens (including phenoxy) is 2. The third kappa shape index (κ3) is 6.91. The average Bonchev–Trinajstić information content (AvgIpc) is 2.62. The van der Waals surface area contributed by atoms with E-state index in [2.05, 4.69) is 10.3 Å². The van der Waals surface area contributed by atoms with E-state index in [1.54, 1.807) is 12.4 Å². The number of amides is 1. The minimum absolute atomic E-state index is 0.105. The third-order valence-corrected chi connectivity index (χ3v) is 3.19. The quantitative estimate of drug-likeness (QED) is 0.753. The summed E-state index contributed by atoms with van der Waals surface area (Å²) < 4.78 is 10.1. The minimum Gasteiger partial charge on any atom is -0.465 e. The van der Waals surface area contributed by atoms with Gasteiger partial charge in [-0.2, -0.15) is 0 Å². The molecule has 0 fully saturated rings. The molecule has 0 radical (unpaired) electrons. The van der Waals surface area contributed by atoms with Crippen LogP contribution in [0.2, 0.25) is 0 Å². The summed E-state index contributed by atoms with van der Waals surface area (Å²) in [5.41, 5.74) is 1.91. The highest BCUT2D eigenvalue weighted by Gasteiger charge is 2.06. The summed E-state index contributed by atoms with van der Waals surface area (Å²) in [5.74, 6) is -0.359. The normalized spacial score (nSPS) is 10.0. The molecule has 0 bridgehead atoms. The lowest BCUT2D eigenvalue weighted by Crippen LogP contribution is -2.27. The van der Waals surface area contributed by atoms with Gasteiger partial charge in [-0.25, -0.2) is 4.79 Å². The molecule has 0 saturated carbocycles. The molecule has 1 aromatic carbocycles. The lowest BCUT2D eigenvalue weighted by Gasteiger charge is -2.07. The fourth-order valence-electron chi connectivity index (χ4n) is 1.94. The Balaban J connectivity index is 1.53. The number of esters is 1. The van der Waals surface area contributed by atoms with E-state index in [4.69, 9.17) is 9.47 Å². The maximum atomic E-state index is 11.6. The summed E-state index contributed by atoms with van der Waals surface area (Å²) in [6.07, 6.45) is 3.59. The molecular weight excluding hydrogens is 308 g/mol. The number of carbonyl (C=O) groups is 2. The highest BCUT2D eigenvalue weighted by Crippen LogP contribution is 2.01. The van der Waals surface area contributed by atoms with E-state index in [0.717, 1.165) is 11.1 Å². The largest absolute Gasteiger partial charge is 0.465 e. The molecule has 126 valence electrons. The van der Waals surface area contributed by atoms with E-state index in [1.807, 2.05) is 42.5 Å². The zero-order chi connectivity index (χ0) is 17.0. The summed E-state index contributed by atoms with van der Waals surface area (Å²) in [4.78, 5) is 27.1. The van der Waals surface area contributed by atoms with Gasteiger partial charge in [-0.1, -0.05) is 36.4 Å². The predicted molar refractivity (Wildman–Crippen MR) is 88.1 cm³/mol. The van der Waals surface area contributed by atoms with E-state index in [9.17, 15) is 9.59 Å². The standard InChI is InChI=1S/C18H20N2O4/c21-17(23-12-9-15-7-4-10-19-13-15)8-11-20-18(22)24-14-16-5-2-1-3-6-16/h1-7,10,13H,8-9,11-12,14H2,(H,20,22). The Morgan fingerprint density at radius 2 is 1.79 bits per heavy atom. The SMILES string of the molecule is O=C(CCNC(=O)OCc1ccccc1)OCCc1cccnc1. The van der Waals surface area contributed by atoms with Gasteiger partial charge in [-0.3, -0.25) is 9.78 Å². The van der Waals surface area contributed by atoms with Crippen molar-refractivity contribution in [2.75, 3.05) is 13.2 Å². The van der Waals surface area contributed by atoms with Crippen molar-refractivity contribution in [3.8, 4) is 0 Å². The van der Waals surface area contributed by atoms with Gasteiger partial charge in [0, 0.05) is 25.4 Å². The first-order valence-electron chi connectivity index (χ1n) is 7.73. The number of benzene rings is 1. The Bertz CT molecular complexity index is 632. The minimum atomic E-state index is -0.554. The highest BCUT2D eigenvalue weighted by molar-refractivity contribution is 5.71. The molecule has 0 spiro atoms. The third-order valence-electron chi connectivity index (χ3n) is 3.19. The zero-order valence-corrected chi connectivity index (χ0v) is 13.3. The number of rotatable bonds is 8. The molecule has 6 nitrogen and oxygen atoms in total. The highest BCUT2D eigenvalue weighted by atomic mass is 16.5. The van der Waals surface area contributed by atoms with Crippen molar-refractivity contribution >= 4 is 12.1 Å². The fourth-order valence-corrected chi connectivity index (χ4v) is 1.94. The number of carbonyl (C=O) groups excluding carboxylic acids is 2. The number of pyridine rings is 1. The van der Waals surface area contributed by atoms with Crippen LogP contribution in [0.1, 0.15) is 17.5 Å². The molecule has 6 heteroatoms. The number of hydrogen-bond donors (Lipinski definition) is 1. The summed E-state index contributed by atoms with van der Waals surface area (Å²) in [6.45, 7) is 0.671. The van der Waals surface area contributed by atoms with E-state index in [0.29, 0.717) is 13.0 Å². The van der Waals surface area contributed by atoms with Crippen LogP contribution in [0.4, 0.5) is 4.79 Å². The summed E-state index contributed by atoms with van der Waals surface area (Å²) in [6, 6.07) is 13.1. The van der Waals surface area contributed by atoms with Crippen LogP contribution in [0.25, 0.3) is 0 Å². The Hall–Kier alpha value is -2.89. The molecule has 0 aliphatic carbocycles. The molecule has 0 saturated heterocycles. The molecular formula is C18H20N2O4. The van der Waals surface area contributed by atoms with Crippen molar-refractivity contribution in [2.45, 2.75) is 19.4 Å². The number of nitrogens with zero attached hydrogens (tertiary/aromatic N) is 1. The average molecular weight is 328 g/mol. The first-order chi connectivity index (χ1) is 11.7. The molecule has 0 aliphatic heterocycles. The van der Waals surface area contributed by atoms with Crippen LogP contribution in [-0.2, 0) is 27.3 Å². The van der Waals surface area contributed by atoms with Gasteiger partial charge in [0.25, 0.3) is 0 Å². The van der Waals surface area contributed by atoms with Gasteiger partial charge in [0.15, 0.2) is 0 Å². The van der Waals surface area contributed by atoms with Crippen LogP contribution in [0.5, 0.6) is 0 Å². The molecule has 1 heterocycles. The summed E-state index contributed by atoms with van der Waals surface area (Å²) in [7, 11) is 0. The van der Waals surface area contributed by atoms with E-state index in [1.165, 1.54) is 0 Å². The van der Waals surface area contributed by atoms with E-state index in [-0.39, 0.29) is 25.5 Å². The van der Waals surface area contributed by atoms with Crippen molar-refractivity contribution in [1.82, 2.24) is 10.3 Å². The van der Waals surface area contributed by atoms with Gasteiger partial charge in [-0.15, -0.1) is 0 Å². The van der Waals surface area contributed by atoms with Crippen molar-refractivity contribution < 1.29 is 19.1 Å². The van der Waals surface area contributed by atoms with Gasteiger partial charge in [0.2, 0.25) is 0 Å². The smallest absolute Gasteiger partial charge is 0.407 e. The topological polar surface area (TPSA) is 77.5 Å². The molecule has 0 atom stereocenters. The number of hydrogen-bond acceptors (Lipinski definition) is 5. The van der Waals surface area contributed by atoms with Crippen LogP contribution in [0.15, 0.2) is 54.9 Å². The lowest BCUT2D eigenvalue weighted by molar-refractivity contribution is -0.143. The molecule has 0 aliphatic rings. The van der Waals surface area contributed by atoms with Gasteiger partial charge in [-0.05, 0) is 17.2 Å². The number of nitrogens with one attached hydrogen (secondary N) is 1. The maximum absolute atomic E-state index is 11.6. The van der Waals surface area contributed by atoms with Crippen LogP contribution in [0.3, 0.4) is 0 Å². The van der Waals surface area contributed by atoms with E-state index >= 15 is 0 Å². The van der Waals surface area contributed by atoms with Gasteiger partial charge in [0.1, 0.15) is 6.61 Å². The lowest BCUT2D eigenvalue weighted by atomic mass is 10.2. The van der Waals surface area contributed by atoms with Gasteiger partial charge in [0.05, 0.1) is 13.0 Å². The van der Waals surface area contributed by atoms with Crippen molar-refractivity contribution in [3.05, 3.63) is 66.0 Å². The second-order valence-electron chi connectivity index (χ2n) is 5.07. The van der Waals surface area contributed by atoms with Crippen LogP contribution >= 0.6 is 0 Å². The van der Waals surface area contributed by atoms with Crippen LogP contribution in [0, 0.1) is 0 Å². The maximum Gasteiger partial charge on any atom is 0.407 e. The number of aromatic nitrogens is 1. The van der Waals surface area contributed by atoms with Crippen molar-refractivity contribution in [2.24, 2.45) is 0 Å². The first-order valence-corrected chi connectivity index (χ1v) is 7.73. The molecule has 2 rings (SSSR count). The second kappa shape index (κ2) is 9.99. The zero-order valence-electron chi connectivity index (χ0n) is 13.3. The monoisotopic (exact) mass is 328 g/mol. The molecule has 0 unspecified atom stereocenters. The molecule has 1 amide bonds.